The summed E-state index contributed by atoms with van der Waals surface area (Å²) in [5.41, 5.74) is 2.56. The van der Waals surface area contributed by atoms with E-state index in [1.165, 1.54) is 21.9 Å². The van der Waals surface area contributed by atoms with E-state index in [4.69, 9.17) is 11.6 Å². The van der Waals surface area contributed by atoms with Crippen LogP contribution in [0.4, 0.5) is 0 Å². The van der Waals surface area contributed by atoms with Gasteiger partial charge in [0.1, 0.15) is 0 Å². The normalized spacial score (nSPS) is 10.7. The average molecular weight is 253 g/mol. The molecule has 0 unspecified atom stereocenters. The second-order valence-corrected chi connectivity index (χ2v) is 4.92. The van der Waals surface area contributed by atoms with Crippen LogP contribution in [0.1, 0.15) is 11.1 Å². The minimum Gasteiger partial charge on any atom is -0.0843 e. The van der Waals surface area contributed by atoms with Crippen LogP contribution in [0, 0.1) is 0 Å². The first-order valence-corrected chi connectivity index (χ1v) is 6.41. The number of halogens is 1. The van der Waals surface area contributed by atoms with Gasteiger partial charge >= 0.3 is 0 Å². The maximum absolute atomic E-state index is 6.01. The molecule has 3 aromatic carbocycles. The second-order valence-electron chi connectivity index (χ2n) is 4.49. The van der Waals surface area contributed by atoms with Crippen molar-refractivity contribution in [3.8, 4) is 0 Å². The Morgan fingerprint density at radius 2 is 1.44 bits per heavy atom. The highest BCUT2D eigenvalue weighted by atomic mass is 35.5. The Labute approximate surface area is 112 Å². The molecule has 0 atom stereocenters. The molecule has 88 valence electrons. The number of rotatable bonds is 2. The molecule has 0 fully saturated rings. The van der Waals surface area contributed by atoms with Crippen LogP contribution in [0.25, 0.3) is 10.8 Å². The van der Waals surface area contributed by atoms with E-state index in [0.29, 0.717) is 0 Å². The zero-order valence-corrected chi connectivity index (χ0v) is 10.7. The first-order chi connectivity index (χ1) is 8.81. The Kier molecular flexibility index (Phi) is 3.04. The first kappa shape index (κ1) is 11.3. The van der Waals surface area contributed by atoms with Gasteiger partial charge in [0.15, 0.2) is 0 Å². The summed E-state index contributed by atoms with van der Waals surface area (Å²) >= 11 is 6.01. The third kappa shape index (κ3) is 2.39. The largest absolute Gasteiger partial charge is 0.0843 e. The van der Waals surface area contributed by atoms with Gasteiger partial charge in [-0.25, -0.2) is 0 Å². The molecule has 3 aromatic rings. The predicted molar refractivity (Wildman–Crippen MR) is 78.2 cm³/mol. The summed E-state index contributed by atoms with van der Waals surface area (Å²) in [5.74, 6) is 0. The molecule has 0 amide bonds. The SMILES string of the molecule is Clc1cccc(Cc2ccc3ccccc3c2)c1. The zero-order chi connectivity index (χ0) is 12.4. The highest BCUT2D eigenvalue weighted by Crippen LogP contribution is 2.19. The van der Waals surface area contributed by atoms with Crippen molar-refractivity contribution in [1.82, 2.24) is 0 Å². The summed E-state index contributed by atoms with van der Waals surface area (Å²) in [6, 6.07) is 23.1. The highest BCUT2D eigenvalue weighted by molar-refractivity contribution is 6.30. The number of hydrogen-bond acceptors (Lipinski definition) is 0. The van der Waals surface area contributed by atoms with E-state index in [-0.39, 0.29) is 0 Å². The summed E-state index contributed by atoms with van der Waals surface area (Å²) < 4.78 is 0. The van der Waals surface area contributed by atoms with E-state index in [0.717, 1.165) is 11.4 Å². The molecule has 1 heteroatoms. The molecule has 0 N–H and O–H groups in total. The van der Waals surface area contributed by atoms with Gasteiger partial charge in [-0.1, -0.05) is 66.2 Å². The topological polar surface area (TPSA) is 0 Å². The Hall–Kier alpha value is -1.79. The van der Waals surface area contributed by atoms with Gasteiger partial charge in [-0.3, -0.25) is 0 Å². The molecule has 0 heterocycles. The van der Waals surface area contributed by atoms with Crippen LogP contribution in [0.5, 0.6) is 0 Å². The van der Waals surface area contributed by atoms with Crippen LogP contribution in [-0.4, -0.2) is 0 Å². The molecular weight excluding hydrogens is 240 g/mol. The number of hydrogen-bond donors (Lipinski definition) is 0. The first-order valence-electron chi connectivity index (χ1n) is 6.03. The number of benzene rings is 3. The van der Waals surface area contributed by atoms with Gasteiger partial charge in [0, 0.05) is 5.02 Å². The molecule has 0 saturated carbocycles. The van der Waals surface area contributed by atoms with Crippen molar-refractivity contribution in [2.45, 2.75) is 6.42 Å². The molecular formula is C17H13Cl. The summed E-state index contributed by atoms with van der Waals surface area (Å²) in [6.07, 6.45) is 0.922. The lowest BCUT2D eigenvalue weighted by Crippen LogP contribution is -1.88. The van der Waals surface area contributed by atoms with Crippen LogP contribution < -0.4 is 0 Å². The van der Waals surface area contributed by atoms with Crippen molar-refractivity contribution in [2.75, 3.05) is 0 Å². The monoisotopic (exact) mass is 252 g/mol. The lowest BCUT2D eigenvalue weighted by atomic mass is 10.0. The molecule has 0 nitrogen and oxygen atoms in total. The molecule has 0 spiro atoms. The fourth-order valence-electron chi connectivity index (χ4n) is 2.23. The predicted octanol–water partition coefficient (Wildman–Crippen LogP) is 5.08. The van der Waals surface area contributed by atoms with Gasteiger partial charge in [-0.2, -0.15) is 0 Å². The van der Waals surface area contributed by atoms with Crippen LogP contribution >= 0.6 is 11.6 Å². The van der Waals surface area contributed by atoms with Gasteiger partial charge in [0.05, 0.1) is 0 Å². The fraction of sp³-hybridized carbons (Fsp3) is 0.0588. The smallest absolute Gasteiger partial charge is 0.0408 e. The van der Waals surface area contributed by atoms with E-state index in [2.05, 4.69) is 48.5 Å². The maximum Gasteiger partial charge on any atom is 0.0408 e. The van der Waals surface area contributed by atoms with Crippen molar-refractivity contribution < 1.29 is 0 Å². The van der Waals surface area contributed by atoms with Gasteiger partial charge in [-0.05, 0) is 40.5 Å². The van der Waals surface area contributed by atoms with Gasteiger partial charge in [0.2, 0.25) is 0 Å². The summed E-state index contributed by atoms with van der Waals surface area (Å²) in [7, 11) is 0. The third-order valence-corrected chi connectivity index (χ3v) is 3.35. The summed E-state index contributed by atoms with van der Waals surface area (Å²) in [4.78, 5) is 0. The van der Waals surface area contributed by atoms with E-state index < -0.39 is 0 Å². The molecule has 0 aromatic heterocycles. The fourth-order valence-corrected chi connectivity index (χ4v) is 2.44. The highest BCUT2D eigenvalue weighted by Gasteiger charge is 1.99. The average Bonchev–Trinajstić information content (AvgIpc) is 2.39. The molecule has 18 heavy (non-hydrogen) atoms. The minimum atomic E-state index is 0.799. The molecule has 0 aliphatic heterocycles. The second kappa shape index (κ2) is 4.83. The van der Waals surface area contributed by atoms with E-state index in [9.17, 15) is 0 Å². The van der Waals surface area contributed by atoms with Crippen molar-refractivity contribution in [3.05, 3.63) is 82.9 Å². The Morgan fingerprint density at radius 3 is 2.28 bits per heavy atom. The van der Waals surface area contributed by atoms with Crippen LogP contribution in [-0.2, 0) is 6.42 Å². The van der Waals surface area contributed by atoms with Crippen LogP contribution in [0.3, 0.4) is 0 Å². The van der Waals surface area contributed by atoms with Crippen LogP contribution in [0.2, 0.25) is 5.02 Å². The molecule has 0 aliphatic rings. The Morgan fingerprint density at radius 1 is 0.667 bits per heavy atom. The standard InChI is InChI=1S/C17H13Cl/c18-17-7-3-4-13(12-17)10-14-8-9-15-5-1-2-6-16(15)11-14/h1-9,11-12H,10H2. The van der Waals surface area contributed by atoms with Gasteiger partial charge in [0.25, 0.3) is 0 Å². The van der Waals surface area contributed by atoms with Crippen molar-refractivity contribution >= 4 is 22.4 Å². The lowest BCUT2D eigenvalue weighted by molar-refractivity contribution is 1.20. The van der Waals surface area contributed by atoms with Crippen molar-refractivity contribution in [3.63, 3.8) is 0 Å². The molecule has 0 radical (unpaired) electrons. The van der Waals surface area contributed by atoms with E-state index >= 15 is 0 Å². The Bertz CT molecular complexity index is 686. The number of fused-ring (bicyclic) bond motifs is 1. The summed E-state index contributed by atoms with van der Waals surface area (Å²) in [5, 5.41) is 3.37. The minimum absolute atomic E-state index is 0.799. The quantitative estimate of drug-likeness (QED) is 0.596. The third-order valence-electron chi connectivity index (χ3n) is 3.11. The zero-order valence-electron chi connectivity index (χ0n) is 9.94. The maximum atomic E-state index is 6.01. The van der Waals surface area contributed by atoms with E-state index in [1.807, 2.05) is 18.2 Å². The van der Waals surface area contributed by atoms with E-state index in [1.54, 1.807) is 0 Å². The van der Waals surface area contributed by atoms with Crippen molar-refractivity contribution in [1.29, 1.82) is 0 Å². The van der Waals surface area contributed by atoms with Crippen molar-refractivity contribution in [2.24, 2.45) is 0 Å². The van der Waals surface area contributed by atoms with Gasteiger partial charge in [-0.15, -0.1) is 0 Å². The Balaban J connectivity index is 1.95. The molecule has 0 bridgehead atoms. The molecule has 3 rings (SSSR count). The molecule has 0 saturated heterocycles. The lowest BCUT2D eigenvalue weighted by Gasteiger charge is -2.04. The summed E-state index contributed by atoms with van der Waals surface area (Å²) in [6.45, 7) is 0. The molecule has 0 aliphatic carbocycles. The van der Waals surface area contributed by atoms with Gasteiger partial charge < -0.3 is 0 Å². The van der Waals surface area contributed by atoms with Crippen LogP contribution in [0.15, 0.2) is 66.7 Å².